The van der Waals surface area contributed by atoms with Crippen LogP contribution in [0.5, 0.6) is 0 Å². The highest BCUT2D eigenvalue weighted by Gasteiger charge is 2.19. The second-order valence-electron chi connectivity index (χ2n) is 6.17. The number of anilines is 1. The van der Waals surface area contributed by atoms with E-state index in [2.05, 4.69) is 22.5 Å². The van der Waals surface area contributed by atoms with Gasteiger partial charge in [-0.2, -0.15) is 5.10 Å². The number of aromatic nitrogens is 2. The number of hydrogen-bond donors (Lipinski definition) is 1. The molecule has 3 rings (SSSR count). The van der Waals surface area contributed by atoms with Crippen molar-refractivity contribution in [1.29, 1.82) is 0 Å². The first-order valence-corrected chi connectivity index (χ1v) is 8.74. The number of carbonyl (C=O) groups excluding carboxylic acids is 1. The van der Waals surface area contributed by atoms with Gasteiger partial charge in [-0.05, 0) is 24.0 Å². The number of rotatable bonds is 5. The minimum Gasteiger partial charge on any atom is -0.382 e. The molecule has 0 saturated carbocycles. The zero-order chi connectivity index (χ0) is 17.8. The molecule has 2 aromatic rings. The van der Waals surface area contributed by atoms with Crippen molar-refractivity contribution in [1.82, 2.24) is 14.7 Å². The molecule has 1 aromatic carbocycles. The van der Waals surface area contributed by atoms with Gasteiger partial charge in [-0.3, -0.25) is 9.59 Å². The zero-order valence-electron chi connectivity index (χ0n) is 14.2. The van der Waals surface area contributed by atoms with Gasteiger partial charge in [-0.25, -0.2) is 4.68 Å². The van der Waals surface area contributed by atoms with Crippen molar-refractivity contribution < 1.29 is 4.79 Å². The molecule has 0 radical (unpaired) electrons. The maximum atomic E-state index is 12.4. The Labute approximate surface area is 151 Å². The third kappa shape index (κ3) is 4.02. The van der Waals surface area contributed by atoms with Crippen LogP contribution in [0.2, 0.25) is 5.02 Å². The van der Waals surface area contributed by atoms with Crippen LogP contribution in [0.1, 0.15) is 24.0 Å². The van der Waals surface area contributed by atoms with Crippen LogP contribution in [0.4, 0.5) is 5.69 Å². The summed E-state index contributed by atoms with van der Waals surface area (Å²) in [5.41, 5.74) is 2.73. The van der Waals surface area contributed by atoms with Crippen LogP contribution in [0.15, 0.2) is 35.3 Å². The van der Waals surface area contributed by atoms with Crippen LogP contribution in [-0.2, 0) is 24.8 Å². The Morgan fingerprint density at radius 2 is 2.08 bits per heavy atom. The van der Waals surface area contributed by atoms with E-state index < -0.39 is 0 Å². The lowest BCUT2D eigenvalue weighted by Gasteiger charge is -2.29. The molecule has 2 heterocycles. The van der Waals surface area contributed by atoms with Gasteiger partial charge in [0.2, 0.25) is 5.91 Å². The molecule has 1 N–H and O–H groups in total. The molecule has 0 unspecified atom stereocenters. The Kier molecular flexibility index (Phi) is 5.38. The monoisotopic (exact) mass is 360 g/mol. The molecule has 7 heteroatoms. The quantitative estimate of drug-likeness (QED) is 0.830. The van der Waals surface area contributed by atoms with E-state index in [0.29, 0.717) is 31.6 Å². The van der Waals surface area contributed by atoms with E-state index in [0.717, 1.165) is 13.0 Å². The molecule has 1 aliphatic heterocycles. The molecule has 0 spiro atoms. The van der Waals surface area contributed by atoms with Gasteiger partial charge in [0, 0.05) is 33.1 Å². The van der Waals surface area contributed by atoms with Crippen LogP contribution < -0.4 is 10.9 Å². The predicted octanol–water partition coefficient (Wildman–Crippen LogP) is 2.21. The molecule has 1 aliphatic rings. The normalized spacial score (nSPS) is 13.4. The van der Waals surface area contributed by atoms with Crippen molar-refractivity contribution in [2.24, 2.45) is 7.05 Å². The minimum absolute atomic E-state index is 0.122. The standard InChI is InChI=1S/C18H21ClN4O2/c1-22-18(25)17(19)15(11-21-22)20-9-4-7-16(24)23-10-8-13-5-2-3-6-14(13)12-23/h2-3,5-6,11,20H,4,7-10,12H2,1H3. The van der Waals surface area contributed by atoms with Crippen LogP contribution >= 0.6 is 11.6 Å². The minimum atomic E-state index is -0.338. The maximum absolute atomic E-state index is 12.4. The number of halogens is 1. The van der Waals surface area contributed by atoms with Gasteiger partial charge in [0.05, 0.1) is 11.9 Å². The molecule has 1 aromatic heterocycles. The summed E-state index contributed by atoms with van der Waals surface area (Å²) in [7, 11) is 1.55. The number of benzene rings is 1. The molecular weight excluding hydrogens is 340 g/mol. The summed E-state index contributed by atoms with van der Waals surface area (Å²) in [4.78, 5) is 26.0. The molecule has 25 heavy (non-hydrogen) atoms. The summed E-state index contributed by atoms with van der Waals surface area (Å²) in [6.45, 7) is 2.02. The Bertz CT molecular complexity index is 834. The molecule has 1 amide bonds. The van der Waals surface area contributed by atoms with E-state index in [1.165, 1.54) is 22.0 Å². The predicted molar refractivity (Wildman–Crippen MR) is 97.8 cm³/mol. The van der Waals surface area contributed by atoms with Crippen molar-refractivity contribution in [3.63, 3.8) is 0 Å². The number of fused-ring (bicyclic) bond motifs is 1. The second kappa shape index (κ2) is 7.70. The van der Waals surface area contributed by atoms with E-state index in [-0.39, 0.29) is 16.5 Å². The summed E-state index contributed by atoms with van der Waals surface area (Å²) in [6, 6.07) is 8.27. The van der Waals surface area contributed by atoms with Crippen LogP contribution in [0, 0.1) is 0 Å². The van der Waals surface area contributed by atoms with E-state index >= 15 is 0 Å². The molecule has 0 bridgehead atoms. The Morgan fingerprint density at radius 1 is 1.32 bits per heavy atom. The number of nitrogens with one attached hydrogen (secondary N) is 1. The van der Waals surface area contributed by atoms with Crippen molar-refractivity contribution >= 4 is 23.2 Å². The second-order valence-corrected chi connectivity index (χ2v) is 6.54. The SMILES string of the molecule is Cn1ncc(NCCCC(=O)N2CCc3ccccc3C2)c(Cl)c1=O. The van der Waals surface area contributed by atoms with Crippen molar-refractivity contribution in [3.05, 3.63) is 57.0 Å². The fourth-order valence-corrected chi connectivity index (χ4v) is 3.20. The average Bonchev–Trinajstić information content (AvgIpc) is 2.64. The third-order valence-electron chi connectivity index (χ3n) is 4.44. The topological polar surface area (TPSA) is 67.2 Å². The Balaban J connectivity index is 1.48. The smallest absolute Gasteiger partial charge is 0.287 e. The molecular formula is C18H21ClN4O2. The van der Waals surface area contributed by atoms with Gasteiger partial charge < -0.3 is 10.2 Å². The Hall–Kier alpha value is -2.34. The third-order valence-corrected chi connectivity index (χ3v) is 4.81. The number of nitrogens with zero attached hydrogens (tertiary/aromatic N) is 3. The van der Waals surface area contributed by atoms with Crippen LogP contribution in [0.3, 0.4) is 0 Å². The van der Waals surface area contributed by atoms with Gasteiger partial charge in [0.25, 0.3) is 5.56 Å². The summed E-state index contributed by atoms with van der Waals surface area (Å²) in [5.74, 6) is 0.157. The van der Waals surface area contributed by atoms with Crippen LogP contribution in [-0.4, -0.2) is 33.7 Å². The molecule has 0 saturated heterocycles. The first-order chi connectivity index (χ1) is 12.1. The number of hydrogen-bond acceptors (Lipinski definition) is 4. The lowest BCUT2D eigenvalue weighted by molar-refractivity contribution is -0.132. The summed E-state index contributed by atoms with van der Waals surface area (Å²) >= 11 is 6.00. The average molecular weight is 361 g/mol. The van der Waals surface area contributed by atoms with E-state index in [4.69, 9.17) is 11.6 Å². The molecule has 0 atom stereocenters. The zero-order valence-corrected chi connectivity index (χ0v) is 14.9. The Morgan fingerprint density at radius 3 is 2.88 bits per heavy atom. The van der Waals surface area contributed by atoms with Crippen molar-refractivity contribution in [2.75, 3.05) is 18.4 Å². The number of amides is 1. The highest BCUT2D eigenvalue weighted by Crippen LogP contribution is 2.19. The lowest BCUT2D eigenvalue weighted by atomic mass is 9.99. The molecule has 0 aliphatic carbocycles. The largest absolute Gasteiger partial charge is 0.382 e. The first-order valence-electron chi connectivity index (χ1n) is 8.36. The number of aryl methyl sites for hydroxylation is 1. The van der Waals surface area contributed by atoms with E-state index in [1.807, 2.05) is 17.0 Å². The fraction of sp³-hybridized carbons (Fsp3) is 0.389. The van der Waals surface area contributed by atoms with Gasteiger partial charge in [0.15, 0.2) is 0 Å². The highest BCUT2D eigenvalue weighted by atomic mass is 35.5. The van der Waals surface area contributed by atoms with Gasteiger partial charge in [-0.1, -0.05) is 35.9 Å². The van der Waals surface area contributed by atoms with E-state index in [1.54, 1.807) is 7.05 Å². The van der Waals surface area contributed by atoms with Gasteiger partial charge in [-0.15, -0.1) is 0 Å². The summed E-state index contributed by atoms with van der Waals surface area (Å²) < 4.78 is 1.19. The highest BCUT2D eigenvalue weighted by molar-refractivity contribution is 6.32. The summed E-state index contributed by atoms with van der Waals surface area (Å²) in [5, 5.41) is 7.13. The maximum Gasteiger partial charge on any atom is 0.287 e. The first kappa shape index (κ1) is 17.5. The van der Waals surface area contributed by atoms with E-state index in [9.17, 15) is 9.59 Å². The van der Waals surface area contributed by atoms with Crippen LogP contribution in [0.25, 0.3) is 0 Å². The van der Waals surface area contributed by atoms with Crippen molar-refractivity contribution in [2.45, 2.75) is 25.8 Å². The number of carbonyl (C=O) groups is 1. The molecule has 132 valence electrons. The fourth-order valence-electron chi connectivity index (χ4n) is 2.96. The van der Waals surface area contributed by atoms with Gasteiger partial charge >= 0.3 is 0 Å². The van der Waals surface area contributed by atoms with Gasteiger partial charge in [0.1, 0.15) is 5.02 Å². The lowest BCUT2D eigenvalue weighted by Crippen LogP contribution is -2.36. The van der Waals surface area contributed by atoms with Crippen molar-refractivity contribution in [3.8, 4) is 0 Å². The summed E-state index contributed by atoms with van der Waals surface area (Å²) in [6.07, 6.45) is 3.56. The molecule has 0 fully saturated rings. The molecule has 6 nitrogen and oxygen atoms in total.